The molecule has 2 heterocycles. The lowest BCUT2D eigenvalue weighted by molar-refractivity contribution is 0.386. The van der Waals surface area contributed by atoms with Gasteiger partial charge in [0, 0.05) is 30.4 Å². The molecule has 0 aliphatic carbocycles. The highest BCUT2D eigenvalue weighted by Gasteiger charge is 2.20. The van der Waals surface area contributed by atoms with E-state index in [1.807, 2.05) is 24.3 Å². The third kappa shape index (κ3) is 5.36. The van der Waals surface area contributed by atoms with Gasteiger partial charge in [0.25, 0.3) is 10.0 Å². The van der Waals surface area contributed by atoms with Crippen molar-refractivity contribution in [3.05, 3.63) is 54.6 Å². The number of rotatable bonds is 7. The standard InChI is InChI=1S/C24H28N4O4S/c1-31-20-11-13-23(22(17-20)32-2)33(29,30)27-19-9-7-18(8-10-19)21-12-14-24(26-25-21)28-15-5-3-4-6-16-28/h7-14,17,27H,3-6,15-16H2,1-2H3. The van der Waals surface area contributed by atoms with E-state index in [2.05, 4.69) is 19.8 Å². The van der Waals surface area contributed by atoms with Gasteiger partial charge < -0.3 is 14.4 Å². The molecule has 8 nitrogen and oxygen atoms in total. The molecule has 1 aliphatic heterocycles. The van der Waals surface area contributed by atoms with Gasteiger partial charge in [0.2, 0.25) is 0 Å². The molecule has 1 aromatic heterocycles. The number of anilines is 2. The van der Waals surface area contributed by atoms with Gasteiger partial charge in [-0.15, -0.1) is 10.2 Å². The van der Waals surface area contributed by atoms with E-state index in [0.29, 0.717) is 11.4 Å². The van der Waals surface area contributed by atoms with E-state index in [0.717, 1.165) is 30.2 Å². The molecule has 0 bridgehead atoms. The van der Waals surface area contributed by atoms with Gasteiger partial charge in [-0.05, 0) is 49.2 Å². The molecule has 33 heavy (non-hydrogen) atoms. The van der Waals surface area contributed by atoms with E-state index < -0.39 is 10.0 Å². The highest BCUT2D eigenvalue weighted by atomic mass is 32.2. The number of nitrogens with zero attached hydrogens (tertiary/aromatic N) is 3. The predicted octanol–water partition coefficient (Wildman–Crippen LogP) is 4.34. The first-order valence-corrected chi connectivity index (χ1v) is 12.4. The third-order valence-electron chi connectivity index (χ3n) is 5.67. The minimum Gasteiger partial charge on any atom is -0.497 e. The van der Waals surface area contributed by atoms with Crippen molar-refractivity contribution in [1.29, 1.82) is 0 Å². The van der Waals surface area contributed by atoms with Crippen molar-refractivity contribution in [3.8, 4) is 22.8 Å². The summed E-state index contributed by atoms with van der Waals surface area (Å²) in [6.07, 6.45) is 4.90. The van der Waals surface area contributed by atoms with Gasteiger partial charge in [0.05, 0.1) is 19.9 Å². The number of methoxy groups -OCH3 is 2. The molecule has 174 valence electrons. The van der Waals surface area contributed by atoms with E-state index in [9.17, 15) is 8.42 Å². The van der Waals surface area contributed by atoms with Crippen LogP contribution in [0.5, 0.6) is 11.5 Å². The summed E-state index contributed by atoms with van der Waals surface area (Å²) in [4.78, 5) is 2.32. The van der Waals surface area contributed by atoms with E-state index in [4.69, 9.17) is 9.47 Å². The molecular formula is C24H28N4O4S. The monoisotopic (exact) mass is 468 g/mol. The summed E-state index contributed by atoms with van der Waals surface area (Å²) >= 11 is 0. The van der Waals surface area contributed by atoms with Crippen molar-refractivity contribution < 1.29 is 17.9 Å². The van der Waals surface area contributed by atoms with Crippen LogP contribution in [0.25, 0.3) is 11.3 Å². The average Bonchev–Trinajstić information content (AvgIpc) is 3.14. The number of hydrogen-bond acceptors (Lipinski definition) is 7. The number of ether oxygens (including phenoxy) is 2. The van der Waals surface area contributed by atoms with Crippen LogP contribution in [0.1, 0.15) is 25.7 Å². The van der Waals surface area contributed by atoms with Crippen molar-refractivity contribution >= 4 is 21.5 Å². The maximum absolute atomic E-state index is 12.9. The highest BCUT2D eigenvalue weighted by Crippen LogP contribution is 2.30. The second-order valence-corrected chi connectivity index (χ2v) is 9.53. The van der Waals surface area contributed by atoms with E-state index >= 15 is 0 Å². The zero-order valence-electron chi connectivity index (χ0n) is 18.8. The SMILES string of the molecule is COc1ccc(S(=O)(=O)Nc2ccc(-c3ccc(N4CCCCCC4)nn3)cc2)c(OC)c1. The fourth-order valence-electron chi connectivity index (χ4n) is 3.86. The number of sulfonamides is 1. The summed E-state index contributed by atoms with van der Waals surface area (Å²) in [5, 5.41) is 8.80. The maximum Gasteiger partial charge on any atom is 0.265 e. The molecule has 2 aromatic carbocycles. The first kappa shape index (κ1) is 22.8. The van der Waals surface area contributed by atoms with Crippen LogP contribution in [-0.4, -0.2) is 45.9 Å². The molecule has 1 aliphatic rings. The summed E-state index contributed by atoms with van der Waals surface area (Å²) in [5.41, 5.74) is 2.03. The summed E-state index contributed by atoms with van der Waals surface area (Å²) in [6, 6.07) is 15.6. The lowest BCUT2D eigenvalue weighted by Gasteiger charge is -2.20. The Morgan fingerprint density at radius 1 is 0.848 bits per heavy atom. The second kappa shape index (κ2) is 10.1. The maximum atomic E-state index is 12.9. The van der Waals surface area contributed by atoms with Gasteiger partial charge in [-0.2, -0.15) is 0 Å². The quantitative estimate of drug-likeness (QED) is 0.551. The first-order valence-electron chi connectivity index (χ1n) is 10.9. The van der Waals surface area contributed by atoms with Crippen LogP contribution in [0.2, 0.25) is 0 Å². The smallest absolute Gasteiger partial charge is 0.265 e. The number of aromatic nitrogens is 2. The average molecular weight is 469 g/mol. The van der Waals surface area contributed by atoms with Gasteiger partial charge in [-0.25, -0.2) is 8.42 Å². The molecule has 4 rings (SSSR count). The normalized spacial score (nSPS) is 14.4. The van der Waals surface area contributed by atoms with Crippen LogP contribution in [0.4, 0.5) is 11.5 Å². The number of nitrogens with one attached hydrogen (secondary N) is 1. The third-order valence-corrected chi connectivity index (χ3v) is 7.09. The number of benzene rings is 2. The Morgan fingerprint density at radius 3 is 2.18 bits per heavy atom. The topological polar surface area (TPSA) is 93.7 Å². The zero-order chi connectivity index (χ0) is 23.3. The summed E-state index contributed by atoms with van der Waals surface area (Å²) in [7, 11) is -0.916. The van der Waals surface area contributed by atoms with E-state index in [1.54, 1.807) is 18.2 Å². The molecule has 1 fully saturated rings. The van der Waals surface area contributed by atoms with Crippen LogP contribution in [0.15, 0.2) is 59.5 Å². The Hall–Kier alpha value is -3.33. The molecule has 0 atom stereocenters. The van der Waals surface area contributed by atoms with Crippen molar-refractivity contribution in [3.63, 3.8) is 0 Å². The Morgan fingerprint density at radius 2 is 1.58 bits per heavy atom. The lowest BCUT2D eigenvalue weighted by Crippen LogP contribution is -2.25. The minimum atomic E-state index is -3.84. The van der Waals surface area contributed by atoms with Gasteiger partial charge >= 0.3 is 0 Å². The Labute approximate surface area is 194 Å². The molecule has 9 heteroatoms. The van der Waals surface area contributed by atoms with Crippen molar-refractivity contribution in [2.24, 2.45) is 0 Å². The number of hydrogen-bond donors (Lipinski definition) is 1. The van der Waals surface area contributed by atoms with Gasteiger partial charge in [0.1, 0.15) is 16.4 Å². The Bertz CT molecular complexity index is 1170. The summed E-state index contributed by atoms with van der Waals surface area (Å²) < 4.78 is 38.7. The van der Waals surface area contributed by atoms with Crippen molar-refractivity contribution in [2.75, 3.05) is 36.9 Å². The largest absolute Gasteiger partial charge is 0.497 e. The molecule has 0 spiro atoms. The molecule has 0 unspecified atom stereocenters. The predicted molar refractivity (Wildman–Crippen MR) is 129 cm³/mol. The van der Waals surface area contributed by atoms with Crippen molar-refractivity contribution in [2.45, 2.75) is 30.6 Å². The van der Waals surface area contributed by atoms with Crippen LogP contribution >= 0.6 is 0 Å². The highest BCUT2D eigenvalue weighted by molar-refractivity contribution is 7.92. The molecule has 0 amide bonds. The van der Waals surface area contributed by atoms with Crippen LogP contribution < -0.4 is 19.1 Å². The van der Waals surface area contributed by atoms with Crippen molar-refractivity contribution in [1.82, 2.24) is 10.2 Å². The Balaban J connectivity index is 1.48. The van der Waals surface area contributed by atoms with Crippen LogP contribution in [0, 0.1) is 0 Å². The van der Waals surface area contributed by atoms with Gasteiger partial charge in [-0.1, -0.05) is 25.0 Å². The molecule has 1 N–H and O–H groups in total. The van der Waals surface area contributed by atoms with Crippen LogP contribution in [0.3, 0.4) is 0 Å². The molecule has 0 radical (unpaired) electrons. The molecule has 0 saturated carbocycles. The molecule has 3 aromatic rings. The fraction of sp³-hybridized carbons (Fsp3) is 0.333. The minimum absolute atomic E-state index is 0.0323. The van der Waals surface area contributed by atoms with Gasteiger partial charge in [-0.3, -0.25) is 4.72 Å². The van der Waals surface area contributed by atoms with Crippen LogP contribution in [-0.2, 0) is 10.0 Å². The second-order valence-electron chi connectivity index (χ2n) is 7.88. The molecule has 1 saturated heterocycles. The zero-order valence-corrected chi connectivity index (χ0v) is 19.6. The van der Waals surface area contributed by atoms with E-state index in [1.165, 1.54) is 52.0 Å². The summed E-state index contributed by atoms with van der Waals surface area (Å²) in [6.45, 7) is 2.03. The summed E-state index contributed by atoms with van der Waals surface area (Å²) in [5.74, 6) is 1.62. The fourth-order valence-corrected chi connectivity index (χ4v) is 5.07. The lowest BCUT2D eigenvalue weighted by atomic mass is 10.1. The first-order chi connectivity index (χ1) is 16.0. The van der Waals surface area contributed by atoms with Gasteiger partial charge in [0.15, 0.2) is 5.82 Å². The van der Waals surface area contributed by atoms with E-state index in [-0.39, 0.29) is 10.6 Å². The molecular weight excluding hydrogens is 440 g/mol. The Kier molecular flexibility index (Phi) is 6.98.